The molecule has 3 nitrogen and oxygen atoms in total. The lowest BCUT2D eigenvalue weighted by molar-refractivity contribution is -0.0352. The van der Waals surface area contributed by atoms with Gasteiger partial charge in [0.05, 0.1) is 12.2 Å². The van der Waals surface area contributed by atoms with Crippen molar-refractivity contribution in [2.75, 3.05) is 26.2 Å². The van der Waals surface area contributed by atoms with E-state index in [4.69, 9.17) is 4.74 Å². The fourth-order valence-electron chi connectivity index (χ4n) is 2.59. The summed E-state index contributed by atoms with van der Waals surface area (Å²) in [6, 6.07) is 0. The largest absolute Gasteiger partial charge is 0.372 e. The van der Waals surface area contributed by atoms with Crippen LogP contribution in [-0.2, 0) is 4.74 Å². The first-order chi connectivity index (χ1) is 7.92. The number of nitrogens with zero attached hydrogens (tertiary/aromatic N) is 1. The molecule has 1 N–H and O–H groups in total. The number of ether oxygens (including phenoxy) is 1. The van der Waals surface area contributed by atoms with Gasteiger partial charge in [0.1, 0.15) is 0 Å². The van der Waals surface area contributed by atoms with Crippen molar-refractivity contribution in [1.82, 2.24) is 10.2 Å². The molecular formula is C14H26N2O. The van der Waals surface area contributed by atoms with E-state index in [1.54, 1.807) is 0 Å². The first-order valence-electron chi connectivity index (χ1n) is 6.72. The molecule has 0 aliphatic carbocycles. The molecule has 0 aromatic rings. The van der Waals surface area contributed by atoms with E-state index in [-0.39, 0.29) is 5.54 Å². The van der Waals surface area contributed by atoms with Gasteiger partial charge in [-0.25, -0.2) is 0 Å². The van der Waals surface area contributed by atoms with Crippen molar-refractivity contribution in [2.24, 2.45) is 0 Å². The van der Waals surface area contributed by atoms with Crippen LogP contribution < -0.4 is 5.32 Å². The predicted octanol–water partition coefficient (Wildman–Crippen LogP) is 1.79. The maximum Gasteiger partial charge on any atom is 0.0707 e. The highest BCUT2D eigenvalue weighted by atomic mass is 16.5. The van der Waals surface area contributed by atoms with Crippen LogP contribution in [0.1, 0.15) is 33.6 Å². The van der Waals surface area contributed by atoms with Crippen LogP contribution in [0.2, 0.25) is 0 Å². The Bertz CT molecular complexity index is 270. The number of nitrogens with one attached hydrogen (secondary N) is 1. The summed E-state index contributed by atoms with van der Waals surface area (Å²) in [4.78, 5) is 2.50. The molecule has 0 amide bonds. The van der Waals surface area contributed by atoms with Gasteiger partial charge < -0.3 is 10.1 Å². The van der Waals surface area contributed by atoms with Crippen LogP contribution in [0.15, 0.2) is 12.2 Å². The molecule has 17 heavy (non-hydrogen) atoms. The molecule has 2 unspecified atom stereocenters. The van der Waals surface area contributed by atoms with Crippen LogP contribution >= 0.6 is 0 Å². The summed E-state index contributed by atoms with van der Waals surface area (Å²) in [5, 5.41) is 3.49. The molecule has 0 aromatic heterocycles. The Morgan fingerprint density at radius 2 is 1.88 bits per heavy atom. The third-order valence-corrected chi connectivity index (χ3v) is 3.44. The summed E-state index contributed by atoms with van der Waals surface area (Å²) >= 11 is 0. The number of fused-ring (bicyclic) bond motifs is 2. The first kappa shape index (κ1) is 13.1. The quantitative estimate of drug-likeness (QED) is 0.756. The van der Waals surface area contributed by atoms with Crippen molar-refractivity contribution in [2.45, 2.75) is 51.4 Å². The highest BCUT2D eigenvalue weighted by Crippen LogP contribution is 2.26. The van der Waals surface area contributed by atoms with Gasteiger partial charge in [-0.05, 0) is 39.2 Å². The Morgan fingerprint density at radius 1 is 1.29 bits per heavy atom. The fraction of sp³-hybridized carbons (Fsp3) is 0.857. The summed E-state index contributed by atoms with van der Waals surface area (Å²) in [5.41, 5.74) is 1.45. The molecule has 2 heterocycles. The fourth-order valence-corrected chi connectivity index (χ4v) is 2.59. The summed E-state index contributed by atoms with van der Waals surface area (Å²) < 4.78 is 5.84. The van der Waals surface area contributed by atoms with Crippen LogP contribution in [0.3, 0.4) is 0 Å². The van der Waals surface area contributed by atoms with Gasteiger partial charge in [0.25, 0.3) is 0 Å². The van der Waals surface area contributed by atoms with E-state index in [9.17, 15) is 0 Å². The molecule has 98 valence electrons. The average Bonchev–Trinajstić information content (AvgIpc) is 2.54. The molecule has 0 saturated carbocycles. The molecule has 2 atom stereocenters. The highest BCUT2D eigenvalue weighted by molar-refractivity contribution is 5.02. The summed E-state index contributed by atoms with van der Waals surface area (Å²) in [6.45, 7) is 14.8. The lowest BCUT2D eigenvalue weighted by Crippen LogP contribution is -2.45. The SMILES string of the molecule is C=C(CNC(C)(C)C)CN1CC2CCC(C1)O2. The van der Waals surface area contributed by atoms with Crippen molar-refractivity contribution in [3.8, 4) is 0 Å². The van der Waals surface area contributed by atoms with E-state index in [1.165, 1.54) is 18.4 Å². The molecule has 2 bridgehead atoms. The predicted molar refractivity (Wildman–Crippen MR) is 71.2 cm³/mol. The second-order valence-electron chi connectivity index (χ2n) is 6.51. The monoisotopic (exact) mass is 238 g/mol. The second kappa shape index (κ2) is 5.09. The van der Waals surface area contributed by atoms with Crippen LogP contribution in [-0.4, -0.2) is 48.8 Å². The van der Waals surface area contributed by atoms with Crippen molar-refractivity contribution < 1.29 is 4.74 Å². The molecule has 0 aromatic carbocycles. The molecule has 2 fully saturated rings. The maximum atomic E-state index is 5.84. The van der Waals surface area contributed by atoms with Gasteiger partial charge in [-0.2, -0.15) is 0 Å². The van der Waals surface area contributed by atoms with Crippen molar-refractivity contribution >= 4 is 0 Å². The van der Waals surface area contributed by atoms with Crippen LogP contribution in [0, 0.1) is 0 Å². The normalized spacial score (nSPS) is 29.6. The lowest BCUT2D eigenvalue weighted by atomic mass is 10.1. The third-order valence-electron chi connectivity index (χ3n) is 3.44. The van der Waals surface area contributed by atoms with Crippen molar-refractivity contribution in [1.29, 1.82) is 0 Å². The first-order valence-corrected chi connectivity index (χ1v) is 6.72. The number of morpholine rings is 1. The van der Waals surface area contributed by atoms with Crippen LogP contribution in [0.4, 0.5) is 0 Å². The van der Waals surface area contributed by atoms with Gasteiger partial charge in [-0.15, -0.1) is 0 Å². The van der Waals surface area contributed by atoms with E-state index in [2.05, 4.69) is 37.6 Å². The van der Waals surface area contributed by atoms with E-state index >= 15 is 0 Å². The smallest absolute Gasteiger partial charge is 0.0707 e. The van der Waals surface area contributed by atoms with Crippen LogP contribution in [0.5, 0.6) is 0 Å². The summed E-state index contributed by atoms with van der Waals surface area (Å²) in [5.74, 6) is 0. The molecule has 0 spiro atoms. The molecule has 2 saturated heterocycles. The van der Waals surface area contributed by atoms with Gasteiger partial charge in [-0.1, -0.05) is 6.58 Å². The Hall–Kier alpha value is -0.380. The minimum atomic E-state index is 0.174. The summed E-state index contributed by atoms with van der Waals surface area (Å²) in [7, 11) is 0. The van der Waals surface area contributed by atoms with Gasteiger partial charge >= 0.3 is 0 Å². The van der Waals surface area contributed by atoms with Crippen molar-refractivity contribution in [3.63, 3.8) is 0 Å². The van der Waals surface area contributed by atoms with E-state index in [0.717, 1.165) is 26.2 Å². The maximum absolute atomic E-state index is 5.84. The Balaban J connectivity index is 1.72. The van der Waals surface area contributed by atoms with Crippen LogP contribution in [0.25, 0.3) is 0 Å². The molecule has 0 radical (unpaired) electrons. The molecule has 2 aliphatic rings. The minimum absolute atomic E-state index is 0.174. The zero-order chi connectivity index (χ0) is 12.5. The summed E-state index contributed by atoms with van der Waals surface area (Å²) in [6.07, 6.45) is 3.45. The topological polar surface area (TPSA) is 24.5 Å². The Kier molecular flexibility index (Phi) is 3.91. The molecular weight excluding hydrogens is 212 g/mol. The third kappa shape index (κ3) is 4.09. The number of hydrogen-bond acceptors (Lipinski definition) is 3. The Labute approximate surface area is 105 Å². The number of rotatable bonds is 4. The van der Waals surface area contributed by atoms with Gasteiger partial charge in [0, 0.05) is 31.7 Å². The molecule has 3 heteroatoms. The lowest BCUT2D eigenvalue weighted by Gasteiger charge is -2.33. The zero-order valence-electron chi connectivity index (χ0n) is 11.5. The van der Waals surface area contributed by atoms with E-state index < -0.39 is 0 Å². The zero-order valence-corrected chi connectivity index (χ0v) is 11.5. The van der Waals surface area contributed by atoms with E-state index in [0.29, 0.717) is 12.2 Å². The molecule has 2 aliphatic heterocycles. The standard InChI is InChI=1S/C14H26N2O/c1-11(7-15-14(2,3)4)8-16-9-12-5-6-13(10-16)17-12/h12-13,15H,1,5-10H2,2-4H3. The van der Waals surface area contributed by atoms with Gasteiger partial charge in [0.2, 0.25) is 0 Å². The van der Waals surface area contributed by atoms with Crippen molar-refractivity contribution in [3.05, 3.63) is 12.2 Å². The van der Waals surface area contributed by atoms with Gasteiger partial charge in [-0.3, -0.25) is 4.90 Å². The number of likely N-dealkylation sites (tertiary alicyclic amines) is 1. The second-order valence-corrected chi connectivity index (χ2v) is 6.51. The highest BCUT2D eigenvalue weighted by Gasteiger charge is 2.33. The Morgan fingerprint density at radius 3 is 2.41 bits per heavy atom. The number of hydrogen-bond donors (Lipinski definition) is 1. The molecule has 2 rings (SSSR count). The minimum Gasteiger partial charge on any atom is -0.372 e. The van der Waals surface area contributed by atoms with Gasteiger partial charge in [0.15, 0.2) is 0 Å². The van der Waals surface area contributed by atoms with E-state index in [1.807, 2.05) is 0 Å². The average molecular weight is 238 g/mol.